The summed E-state index contributed by atoms with van der Waals surface area (Å²) in [6, 6.07) is 37.1. The van der Waals surface area contributed by atoms with Crippen LogP contribution in [0.5, 0.6) is 0 Å². The van der Waals surface area contributed by atoms with Crippen molar-refractivity contribution in [2.45, 2.75) is 31.2 Å². The molecule has 3 aromatic carbocycles. The van der Waals surface area contributed by atoms with E-state index in [1.54, 1.807) is 0 Å². The van der Waals surface area contributed by atoms with Crippen molar-refractivity contribution in [3.05, 3.63) is 168 Å². The Hall–Kier alpha value is -5.53. The molecule has 3 fully saturated rings. The van der Waals surface area contributed by atoms with Crippen molar-refractivity contribution in [1.82, 2.24) is 15.0 Å². The summed E-state index contributed by atoms with van der Waals surface area (Å²) in [5.74, 6) is 0.363. The highest BCUT2D eigenvalue weighted by molar-refractivity contribution is 5.84. The van der Waals surface area contributed by atoms with Gasteiger partial charge < -0.3 is 14.2 Å². The normalized spacial score (nSPS) is 22.9. The molecule has 254 valence electrons. The summed E-state index contributed by atoms with van der Waals surface area (Å²) in [5.41, 5.74) is 15.8. The molecule has 6 aromatic rings. The third-order valence-corrected chi connectivity index (χ3v) is 10.7. The Morgan fingerprint density at radius 1 is 0.500 bits per heavy atom. The second kappa shape index (κ2) is 12.9. The minimum Gasteiger partial charge on any atom is -0.368 e. The van der Waals surface area contributed by atoms with E-state index in [9.17, 15) is 0 Å². The van der Waals surface area contributed by atoms with Gasteiger partial charge in [-0.2, -0.15) is 0 Å². The van der Waals surface area contributed by atoms with E-state index in [2.05, 4.69) is 116 Å². The number of nitrogens with zero attached hydrogens (tertiary/aromatic N) is 3. The van der Waals surface area contributed by atoms with Crippen LogP contribution in [0.2, 0.25) is 0 Å². The van der Waals surface area contributed by atoms with Gasteiger partial charge in [0.05, 0.1) is 31.2 Å². The number of hydrogen-bond donors (Lipinski definition) is 0. The van der Waals surface area contributed by atoms with Crippen molar-refractivity contribution >= 4 is 5.57 Å². The van der Waals surface area contributed by atoms with Crippen molar-refractivity contribution in [3.63, 3.8) is 0 Å². The smallest absolute Gasteiger partial charge is 0.106 e. The third kappa shape index (κ3) is 6.30. The molecule has 6 heterocycles. The molecule has 4 aliphatic rings. The van der Waals surface area contributed by atoms with Crippen molar-refractivity contribution < 1.29 is 14.2 Å². The molecular formula is C46H37N3O3. The summed E-state index contributed by atoms with van der Waals surface area (Å²) in [6.07, 6.45) is 13.0. The standard InChI is InChI=1S/C46H37N3O3/c1-28-39(9-4-10-40(28)43-24-35(13-16-49-43)46-27-52-46)38-20-36(29-5-2-7-31(17-29)41-22-33(11-14-47-41)44-25-50-44)19-37(21-38)30-6-3-8-32(18-30)42-23-34(12-15-48-42)45-26-51-45/h2-24,28,40,44-46H,25-27H2,1H3. The number of aromatic nitrogens is 3. The third-order valence-electron chi connectivity index (χ3n) is 10.7. The van der Waals surface area contributed by atoms with Crippen molar-refractivity contribution in [2.75, 3.05) is 19.8 Å². The van der Waals surface area contributed by atoms with Gasteiger partial charge in [0.15, 0.2) is 0 Å². The van der Waals surface area contributed by atoms with Crippen LogP contribution in [0.4, 0.5) is 0 Å². The summed E-state index contributed by atoms with van der Waals surface area (Å²) >= 11 is 0. The zero-order chi connectivity index (χ0) is 34.6. The van der Waals surface area contributed by atoms with Gasteiger partial charge in [0, 0.05) is 41.3 Å². The molecular weight excluding hydrogens is 643 g/mol. The lowest BCUT2D eigenvalue weighted by molar-refractivity contribution is 0.415. The first-order valence-corrected chi connectivity index (χ1v) is 18.1. The lowest BCUT2D eigenvalue weighted by Gasteiger charge is -2.27. The molecule has 0 saturated carbocycles. The fourth-order valence-electron chi connectivity index (χ4n) is 7.53. The number of epoxide rings is 3. The molecule has 1 aliphatic carbocycles. The zero-order valence-electron chi connectivity index (χ0n) is 28.9. The maximum absolute atomic E-state index is 5.60. The van der Waals surface area contributed by atoms with Crippen LogP contribution in [-0.2, 0) is 14.2 Å². The van der Waals surface area contributed by atoms with E-state index >= 15 is 0 Å². The van der Waals surface area contributed by atoms with Gasteiger partial charge in [-0.05, 0) is 123 Å². The number of rotatable bonds is 9. The lowest BCUT2D eigenvalue weighted by atomic mass is 9.77. The molecule has 0 bridgehead atoms. The number of ether oxygens (including phenoxy) is 3. The van der Waals surface area contributed by atoms with Gasteiger partial charge in [-0.15, -0.1) is 0 Å². The molecule has 5 unspecified atom stereocenters. The molecule has 5 atom stereocenters. The van der Waals surface area contributed by atoms with Crippen LogP contribution >= 0.6 is 0 Å². The SMILES string of the molecule is CC1C(c2cc(-c3cccc(-c4cc(C5CO5)ccn4)c3)cc(-c3cccc(-c4cc(C5CO5)ccn4)c3)c2)=CC=CC1c1cc(C2CO2)ccn1. The number of benzene rings is 3. The van der Waals surface area contributed by atoms with Gasteiger partial charge in [-0.1, -0.05) is 61.5 Å². The molecule has 3 aliphatic heterocycles. The van der Waals surface area contributed by atoms with E-state index in [1.807, 2.05) is 30.7 Å². The van der Waals surface area contributed by atoms with Crippen molar-refractivity contribution in [2.24, 2.45) is 5.92 Å². The Kier molecular flexibility index (Phi) is 7.75. The van der Waals surface area contributed by atoms with Crippen LogP contribution in [0.1, 0.15) is 59.1 Å². The van der Waals surface area contributed by atoms with Crippen LogP contribution in [0.25, 0.3) is 50.3 Å². The average molecular weight is 680 g/mol. The van der Waals surface area contributed by atoms with Gasteiger partial charge in [0.2, 0.25) is 0 Å². The van der Waals surface area contributed by atoms with E-state index in [0.29, 0.717) is 0 Å². The summed E-state index contributed by atoms with van der Waals surface area (Å²) in [7, 11) is 0. The van der Waals surface area contributed by atoms with E-state index in [-0.39, 0.29) is 30.1 Å². The van der Waals surface area contributed by atoms with Crippen molar-refractivity contribution in [1.29, 1.82) is 0 Å². The Labute approximate surface area is 303 Å². The van der Waals surface area contributed by atoms with Crippen molar-refractivity contribution in [3.8, 4) is 44.8 Å². The highest BCUT2D eigenvalue weighted by Gasteiger charge is 2.30. The van der Waals surface area contributed by atoms with Gasteiger partial charge in [0.1, 0.15) is 18.3 Å². The second-order valence-corrected chi connectivity index (χ2v) is 14.2. The lowest BCUT2D eigenvalue weighted by Crippen LogP contribution is -2.14. The predicted molar refractivity (Wildman–Crippen MR) is 203 cm³/mol. The molecule has 0 radical (unpaired) electrons. The van der Waals surface area contributed by atoms with Crippen LogP contribution in [0, 0.1) is 5.92 Å². The van der Waals surface area contributed by atoms with Gasteiger partial charge in [0.25, 0.3) is 0 Å². The van der Waals surface area contributed by atoms with Gasteiger partial charge in [-0.25, -0.2) is 0 Å². The second-order valence-electron chi connectivity index (χ2n) is 14.2. The topological polar surface area (TPSA) is 76.3 Å². The minimum atomic E-state index is 0.153. The maximum atomic E-state index is 5.60. The maximum Gasteiger partial charge on any atom is 0.106 e. The number of pyridine rings is 3. The first-order valence-electron chi connectivity index (χ1n) is 18.1. The zero-order valence-corrected chi connectivity index (χ0v) is 28.9. The van der Waals surface area contributed by atoms with E-state index in [0.717, 1.165) is 70.3 Å². The fourth-order valence-corrected chi connectivity index (χ4v) is 7.53. The minimum absolute atomic E-state index is 0.153. The molecule has 3 saturated heterocycles. The average Bonchev–Trinajstić information content (AvgIpc) is 4.03. The summed E-state index contributed by atoms with van der Waals surface area (Å²) in [5, 5.41) is 0. The molecule has 6 heteroatoms. The van der Waals surface area contributed by atoms with E-state index in [1.165, 1.54) is 27.8 Å². The largest absolute Gasteiger partial charge is 0.368 e. The van der Waals surface area contributed by atoms with Gasteiger partial charge in [-0.3, -0.25) is 15.0 Å². The van der Waals surface area contributed by atoms with Crippen LogP contribution in [0.3, 0.4) is 0 Å². The molecule has 10 rings (SSSR count). The fraction of sp³-hybridized carbons (Fsp3) is 0.196. The van der Waals surface area contributed by atoms with Crippen LogP contribution in [0.15, 0.2) is 140 Å². The number of allylic oxidation sites excluding steroid dienone is 4. The molecule has 0 spiro atoms. The first-order chi connectivity index (χ1) is 25.6. The molecule has 3 aromatic heterocycles. The quantitative estimate of drug-likeness (QED) is 0.142. The van der Waals surface area contributed by atoms with Gasteiger partial charge >= 0.3 is 0 Å². The van der Waals surface area contributed by atoms with E-state index in [4.69, 9.17) is 29.2 Å². The molecule has 0 N–H and O–H groups in total. The van der Waals surface area contributed by atoms with Crippen LogP contribution in [-0.4, -0.2) is 34.8 Å². The first kappa shape index (κ1) is 31.2. The predicted octanol–water partition coefficient (Wildman–Crippen LogP) is 10.1. The summed E-state index contributed by atoms with van der Waals surface area (Å²) < 4.78 is 16.7. The Balaban J connectivity index is 1.06. The molecule has 52 heavy (non-hydrogen) atoms. The highest BCUT2D eigenvalue weighted by Crippen LogP contribution is 2.43. The molecule has 6 nitrogen and oxygen atoms in total. The van der Waals surface area contributed by atoms with E-state index < -0.39 is 0 Å². The number of hydrogen-bond acceptors (Lipinski definition) is 6. The Bertz CT molecular complexity index is 2270. The van der Waals surface area contributed by atoms with Crippen LogP contribution < -0.4 is 0 Å². The monoisotopic (exact) mass is 679 g/mol. The highest BCUT2D eigenvalue weighted by atomic mass is 16.6. The Morgan fingerprint density at radius 3 is 1.50 bits per heavy atom. The molecule has 0 amide bonds. The summed E-state index contributed by atoms with van der Waals surface area (Å²) in [6.45, 7) is 4.66. The Morgan fingerprint density at radius 2 is 0.962 bits per heavy atom. The summed E-state index contributed by atoms with van der Waals surface area (Å²) in [4.78, 5) is 14.3.